The number of hydrogen-bond acceptors (Lipinski definition) is 3. The second-order valence-electron chi connectivity index (χ2n) is 5.80. The fraction of sp³-hybridized carbons (Fsp3) is 0.353. The van der Waals surface area contributed by atoms with Gasteiger partial charge in [0.1, 0.15) is 11.4 Å². The van der Waals surface area contributed by atoms with E-state index in [0.29, 0.717) is 11.3 Å². The summed E-state index contributed by atoms with van der Waals surface area (Å²) in [5, 5.41) is 0. The van der Waals surface area contributed by atoms with Crippen LogP contribution in [0.25, 0.3) is 0 Å². The number of carbonyl (C=O) groups excluding carboxylic acids is 2. The van der Waals surface area contributed by atoms with Crippen LogP contribution in [0.1, 0.15) is 26.3 Å². The van der Waals surface area contributed by atoms with Crippen molar-refractivity contribution in [3.8, 4) is 0 Å². The minimum Gasteiger partial charge on any atom is -0.305 e. The first kappa shape index (κ1) is 16.9. The molecule has 23 heavy (non-hydrogen) atoms. The average Bonchev–Trinajstić information content (AvgIpc) is 2.66. The maximum Gasteiger partial charge on any atom is 0.332 e. The van der Waals surface area contributed by atoms with Gasteiger partial charge in [-0.1, -0.05) is 18.2 Å². The van der Waals surface area contributed by atoms with Gasteiger partial charge in [0.2, 0.25) is 0 Å². The highest BCUT2D eigenvalue weighted by Gasteiger charge is 2.52. The second-order valence-corrected chi connectivity index (χ2v) is 5.80. The molecule has 0 spiro atoms. The van der Waals surface area contributed by atoms with E-state index >= 15 is 0 Å². The summed E-state index contributed by atoms with van der Waals surface area (Å²) in [7, 11) is 1.57. The number of rotatable bonds is 4. The first-order valence-corrected chi connectivity index (χ1v) is 7.32. The van der Waals surface area contributed by atoms with Gasteiger partial charge in [0.05, 0.1) is 5.70 Å². The SMILES string of the molecule is C/C=C(\C=NC)N1C(=O)N(Cc2cccc(F)c2)C(C)(C)C1=O. The summed E-state index contributed by atoms with van der Waals surface area (Å²) in [5.74, 6) is -0.700. The summed E-state index contributed by atoms with van der Waals surface area (Å²) in [6.45, 7) is 5.26. The Morgan fingerprint density at radius 1 is 1.35 bits per heavy atom. The largest absolute Gasteiger partial charge is 0.332 e. The fourth-order valence-electron chi connectivity index (χ4n) is 2.54. The third-order valence-corrected chi connectivity index (χ3v) is 3.87. The normalized spacial score (nSPS) is 18.4. The van der Waals surface area contributed by atoms with E-state index in [1.54, 1.807) is 46.0 Å². The van der Waals surface area contributed by atoms with Crippen LogP contribution < -0.4 is 0 Å². The predicted octanol–water partition coefficient (Wildman–Crippen LogP) is 2.97. The Morgan fingerprint density at radius 2 is 2.04 bits per heavy atom. The van der Waals surface area contributed by atoms with Crippen LogP contribution >= 0.6 is 0 Å². The highest BCUT2D eigenvalue weighted by atomic mass is 19.1. The van der Waals surface area contributed by atoms with Gasteiger partial charge in [-0.25, -0.2) is 14.1 Å². The lowest BCUT2D eigenvalue weighted by Gasteiger charge is -2.27. The van der Waals surface area contributed by atoms with Crippen LogP contribution in [0.3, 0.4) is 0 Å². The van der Waals surface area contributed by atoms with E-state index in [9.17, 15) is 14.0 Å². The van der Waals surface area contributed by atoms with E-state index in [0.717, 1.165) is 4.90 Å². The number of benzene rings is 1. The van der Waals surface area contributed by atoms with Crippen molar-refractivity contribution in [3.63, 3.8) is 0 Å². The Hall–Kier alpha value is -2.50. The molecule has 6 heteroatoms. The standard InChI is InChI=1S/C17H20FN3O2/c1-5-14(10-19-4)21-15(22)17(2,3)20(16(21)23)11-12-7-6-8-13(18)9-12/h5-10H,11H2,1-4H3/b14-5+,19-10?. The highest BCUT2D eigenvalue weighted by molar-refractivity contribution is 6.11. The summed E-state index contributed by atoms with van der Waals surface area (Å²) in [6, 6.07) is 5.58. The minimum atomic E-state index is -1.01. The molecule has 0 N–H and O–H groups in total. The summed E-state index contributed by atoms with van der Waals surface area (Å²) >= 11 is 0. The topological polar surface area (TPSA) is 53.0 Å². The van der Waals surface area contributed by atoms with Crippen molar-refractivity contribution in [2.75, 3.05) is 7.05 Å². The Bertz CT molecular complexity index is 695. The van der Waals surface area contributed by atoms with Crippen LogP contribution in [-0.4, -0.2) is 40.5 Å². The summed E-state index contributed by atoms with van der Waals surface area (Å²) in [5.41, 5.74) is 0.0452. The van der Waals surface area contributed by atoms with Gasteiger partial charge in [0, 0.05) is 19.8 Å². The van der Waals surface area contributed by atoms with Crippen molar-refractivity contribution in [2.24, 2.45) is 4.99 Å². The number of amides is 3. The van der Waals surface area contributed by atoms with Gasteiger partial charge in [-0.3, -0.25) is 9.79 Å². The molecule has 0 radical (unpaired) electrons. The zero-order chi connectivity index (χ0) is 17.2. The van der Waals surface area contributed by atoms with Crippen molar-refractivity contribution in [2.45, 2.75) is 32.9 Å². The highest BCUT2D eigenvalue weighted by Crippen LogP contribution is 2.31. The lowest BCUT2D eigenvalue weighted by Crippen LogP contribution is -2.43. The third kappa shape index (κ3) is 3.02. The molecule has 1 heterocycles. The average molecular weight is 317 g/mol. The van der Waals surface area contributed by atoms with Gasteiger partial charge < -0.3 is 4.90 Å². The van der Waals surface area contributed by atoms with Gasteiger partial charge >= 0.3 is 6.03 Å². The van der Waals surface area contributed by atoms with E-state index in [2.05, 4.69) is 4.99 Å². The van der Waals surface area contributed by atoms with Crippen LogP contribution in [-0.2, 0) is 11.3 Å². The van der Waals surface area contributed by atoms with Crippen molar-refractivity contribution in [1.29, 1.82) is 0 Å². The molecule has 0 aromatic heterocycles. The van der Waals surface area contributed by atoms with Gasteiger partial charge in [-0.15, -0.1) is 0 Å². The van der Waals surface area contributed by atoms with Crippen LogP contribution in [0.5, 0.6) is 0 Å². The quantitative estimate of drug-likeness (QED) is 0.633. The zero-order valence-corrected chi connectivity index (χ0v) is 13.7. The van der Waals surface area contributed by atoms with E-state index < -0.39 is 11.6 Å². The molecule has 0 saturated carbocycles. The molecule has 0 bridgehead atoms. The molecule has 0 aliphatic carbocycles. The molecular formula is C17H20FN3O2. The second kappa shape index (κ2) is 6.32. The molecule has 1 aromatic rings. The molecular weight excluding hydrogens is 297 g/mol. The Kier molecular flexibility index (Phi) is 4.63. The smallest absolute Gasteiger partial charge is 0.305 e. The molecule has 1 aromatic carbocycles. The van der Waals surface area contributed by atoms with Crippen LogP contribution in [0, 0.1) is 5.82 Å². The van der Waals surface area contributed by atoms with Crippen molar-refractivity contribution in [1.82, 2.24) is 9.80 Å². The lowest BCUT2D eigenvalue weighted by molar-refractivity contribution is -0.130. The molecule has 5 nitrogen and oxygen atoms in total. The Morgan fingerprint density at radius 3 is 2.61 bits per heavy atom. The number of halogens is 1. The molecule has 3 amide bonds. The van der Waals surface area contributed by atoms with E-state index in [1.165, 1.54) is 23.2 Å². The zero-order valence-electron chi connectivity index (χ0n) is 13.7. The maximum absolute atomic E-state index is 13.4. The van der Waals surface area contributed by atoms with E-state index in [-0.39, 0.29) is 18.3 Å². The lowest BCUT2D eigenvalue weighted by atomic mass is 10.0. The fourth-order valence-corrected chi connectivity index (χ4v) is 2.54. The Balaban J connectivity index is 2.37. The summed E-state index contributed by atoms with van der Waals surface area (Å²) < 4.78 is 13.4. The number of urea groups is 1. The minimum absolute atomic E-state index is 0.159. The first-order chi connectivity index (χ1) is 10.8. The summed E-state index contributed by atoms with van der Waals surface area (Å²) in [6.07, 6.45) is 3.13. The predicted molar refractivity (Wildman–Crippen MR) is 86.4 cm³/mol. The monoisotopic (exact) mass is 317 g/mol. The van der Waals surface area contributed by atoms with E-state index in [4.69, 9.17) is 0 Å². The number of imide groups is 1. The molecule has 1 aliphatic heterocycles. The molecule has 1 saturated heterocycles. The van der Waals surface area contributed by atoms with Crippen molar-refractivity contribution < 1.29 is 14.0 Å². The molecule has 1 fully saturated rings. The Labute approximate surface area is 135 Å². The van der Waals surface area contributed by atoms with Gasteiger partial charge in [-0.05, 0) is 38.5 Å². The van der Waals surface area contributed by atoms with Crippen molar-refractivity contribution in [3.05, 3.63) is 47.4 Å². The molecule has 0 atom stereocenters. The number of hydrogen-bond donors (Lipinski definition) is 0. The van der Waals surface area contributed by atoms with E-state index in [1.807, 2.05) is 0 Å². The van der Waals surface area contributed by atoms with Gasteiger partial charge in [0.25, 0.3) is 5.91 Å². The summed E-state index contributed by atoms with van der Waals surface area (Å²) in [4.78, 5) is 31.8. The number of aliphatic imine (C=N–C) groups is 1. The number of allylic oxidation sites excluding steroid dienone is 2. The molecule has 2 rings (SSSR count). The van der Waals surface area contributed by atoms with Gasteiger partial charge in [-0.2, -0.15) is 0 Å². The molecule has 0 unspecified atom stereocenters. The van der Waals surface area contributed by atoms with Crippen LogP contribution in [0.15, 0.2) is 41.0 Å². The third-order valence-electron chi connectivity index (χ3n) is 3.87. The number of nitrogens with zero attached hydrogens (tertiary/aromatic N) is 3. The first-order valence-electron chi connectivity index (χ1n) is 7.32. The van der Waals surface area contributed by atoms with Crippen LogP contribution in [0.4, 0.5) is 9.18 Å². The molecule has 122 valence electrons. The van der Waals surface area contributed by atoms with Gasteiger partial charge in [0.15, 0.2) is 0 Å². The maximum atomic E-state index is 13.4. The molecule has 1 aliphatic rings. The van der Waals surface area contributed by atoms with Crippen molar-refractivity contribution >= 4 is 18.2 Å². The van der Waals surface area contributed by atoms with Crippen LogP contribution in [0.2, 0.25) is 0 Å². The number of carbonyl (C=O) groups is 2.